The van der Waals surface area contributed by atoms with Crippen LogP contribution in [0.5, 0.6) is 0 Å². The van der Waals surface area contributed by atoms with Crippen LogP contribution in [0.4, 0.5) is 5.82 Å². The van der Waals surface area contributed by atoms with E-state index in [9.17, 15) is 13.2 Å². The highest BCUT2D eigenvalue weighted by atomic mass is 32.2. The van der Waals surface area contributed by atoms with E-state index < -0.39 is 15.9 Å². The molecule has 0 bridgehead atoms. The Labute approximate surface area is 123 Å². The molecule has 0 unspecified atom stereocenters. The molecule has 0 aliphatic carbocycles. The zero-order chi connectivity index (χ0) is 15.5. The van der Waals surface area contributed by atoms with Crippen molar-refractivity contribution in [2.24, 2.45) is 0 Å². The molecule has 1 aromatic heterocycles. The summed E-state index contributed by atoms with van der Waals surface area (Å²) in [4.78, 5) is 16.3. The quantitative estimate of drug-likeness (QED) is 0.897. The lowest BCUT2D eigenvalue weighted by Crippen LogP contribution is -2.19. The summed E-state index contributed by atoms with van der Waals surface area (Å²) in [6.07, 6.45) is 0. The summed E-state index contributed by atoms with van der Waals surface area (Å²) in [6.45, 7) is 1.82. The van der Waals surface area contributed by atoms with Crippen molar-refractivity contribution in [3.63, 3.8) is 0 Å². The van der Waals surface area contributed by atoms with Gasteiger partial charge in [-0.2, -0.15) is 0 Å². The molecular formula is C14H15N3O3S. The molecule has 0 spiro atoms. The highest BCUT2D eigenvalue weighted by Gasteiger charge is 2.14. The first-order valence-electron chi connectivity index (χ1n) is 6.21. The van der Waals surface area contributed by atoms with Gasteiger partial charge in [0.05, 0.1) is 4.90 Å². The van der Waals surface area contributed by atoms with Crippen LogP contribution in [0.1, 0.15) is 16.1 Å². The molecule has 0 radical (unpaired) electrons. The Hall–Kier alpha value is -2.25. The number of sulfonamides is 1. The van der Waals surface area contributed by atoms with Crippen LogP contribution in [-0.4, -0.2) is 26.4 Å². The summed E-state index contributed by atoms with van der Waals surface area (Å²) in [6, 6.07) is 11.1. The molecule has 0 aliphatic rings. The number of anilines is 1. The van der Waals surface area contributed by atoms with Gasteiger partial charge >= 0.3 is 0 Å². The van der Waals surface area contributed by atoms with Gasteiger partial charge in [-0.05, 0) is 44.3 Å². The van der Waals surface area contributed by atoms with Crippen LogP contribution in [0, 0.1) is 6.92 Å². The van der Waals surface area contributed by atoms with Crippen molar-refractivity contribution in [1.82, 2.24) is 9.71 Å². The number of benzene rings is 1. The van der Waals surface area contributed by atoms with Gasteiger partial charge in [0.15, 0.2) is 0 Å². The van der Waals surface area contributed by atoms with Gasteiger partial charge in [0.1, 0.15) is 5.82 Å². The van der Waals surface area contributed by atoms with Crippen LogP contribution < -0.4 is 10.0 Å². The topological polar surface area (TPSA) is 88.2 Å². The van der Waals surface area contributed by atoms with Crippen LogP contribution in [-0.2, 0) is 10.0 Å². The van der Waals surface area contributed by atoms with Crippen molar-refractivity contribution in [2.75, 3.05) is 12.4 Å². The van der Waals surface area contributed by atoms with Gasteiger partial charge in [-0.1, -0.05) is 12.1 Å². The Morgan fingerprint density at radius 2 is 1.86 bits per heavy atom. The molecule has 1 heterocycles. The normalized spacial score (nSPS) is 11.1. The molecule has 0 aliphatic heterocycles. The highest BCUT2D eigenvalue weighted by molar-refractivity contribution is 7.89. The van der Waals surface area contributed by atoms with E-state index >= 15 is 0 Å². The molecule has 0 fully saturated rings. The third kappa shape index (κ3) is 3.65. The number of rotatable bonds is 4. The van der Waals surface area contributed by atoms with Crippen molar-refractivity contribution >= 4 is 21.7 Å². The summed E-state index contributed by atoms with van der Waals surface area (Å²) >= 11 is 0. The van der Waals surface area contributed by atoms with Crippen molar-refractivity contribution < 1.29 is 13.2 Å². The minimum Gasteiger partial charge on any atom is -0.307 e. The zero-order valence-corrected chi connectivity index (χ0v) is 12.4. The average molecular weight is 305 g/mol. The SMILES string of the molecule is CNS(=O)(=O)c1cccc(C(=O)Nc2cccc(C)n2)c1. The first-order chi connectivity index (χ1) is 9.92. The number of carbonyl (C=O) groups excluding carboxylic acids is 1. The molecule has 1 aromatic carbocycles. The summed E-state index contributed by atoms with van der Waals surface area (Å²) in [5, 5.41) is 2.63. The number of nitrogens with one attached hydrogen (secondary N) is 2. The maximum atomic E-state index is 12.1. The second kappa shape index (κ2) is 6.02. The maximum absolute atomic E-state index is 12.1. The molecular weight excluding hydrogens is 290 g/mol. The first-order valence-corrected chi connectivity index (χ1v) is 7.69. The molecule has 2 aromatic rings. The highest BCUT2D eigenvalue weighted by Crippen LogP contribution is 2.13. The van der Waals surface area contributed by atoms with Gasteiger partial charge in [-0.25, -0.2) is 18.1 Å². The standard InChI is InChI=1S/C14H15N3O3S/c1-10-5-3-8-13(16-10)17-14(18)11-6-4-7-12(9-11)21(19,20)15-2/h3-9,15H,1-2H3,(H,16,17,18). The Kier molecular flexibility index (Phi) is 4.35. The summed E-state index contributed by atoms with van der Waals surface area (Å²) in [5.41, 5.74) is 1.02. The maximum Gasteiger partial charge on any atom is 0.256 e. The number of hydrogen-bond acceptors (Lipinski definition) is 4. The fourth-order valence-corrected chi connectivity index (χ4v) is 2.50. The van der Waals surface area contributed by atoms with Crippen molar-refractivity contribution in [2.45, 2.75) is 11.8 Å². The van der Waals surface area contributed by atoms with Crippen molar-refractivity contribution in [3.8, 4) is 0 Å². The Bertz CT molecular complexity index is 773. The van der Waals surface area contributed by atoms with Gasteiger partial charge in [-0.3, -0.25) is 4.79 Å². The second-order valence-electron chi connectivity index (χ2n) is 4.35. The van der Waals surface area contributed by atoms with E-state index in [-0.39, 0.29) is 10.5 Å². The molecule has 0 saturated heterocycles. The predicted molar refractivity (Wildman–Crippen MR) is 79.6 cm³/mol. The minimum atomic E-state index is -3.58. The summed E-state index contributed by atoms with van der Waals surface area (Å²) in [7, 11) is -2.26. The van der Waals surface area contributed by atoms with Crippen LogP contribution in [0.15, 0.2) is 47.4 Å². The molecule has 0 saturated carbocycles. The average Bonchev–Trinajstić information content (AvgIpc) is 2.47. The number of carbonyl (C=O) groups is 1. The van der Waals surface area contributed by atoms with E-state index in [0.29, 0.717) is 5.82 Å². The largest absolute Gasteiger partial charge is 0.307 e. The van der Waals surface area contributed by atoms with Crippen LogP contribution in [0.2, 0.25) is 0 Å². The smallest absolute Gasteiger partial charge is 0.256 e. The number of aromatic nitrogens is 1. The van der Waals surface area contributed by atoms with Gasteiger partial charge in [0.2, 0.25) is 10.0 Å². The number of nitrogens with zero attached hydrogens (tertiary/aromatic N) is 1. The monoisotopic (exact) mass is 305 g/mol. The van der Waals surface area contributed by atoms with Gasteiger partial charge in [-0.15, -0.1) is 0 Å². The summed E-state index contributed by atoms with van der Waals surface area (Å²) < 4.78 is 25.7. The molecule has 1 amide bonds. The van der Waals surface area contributed by atoms with E-state index in [0.717, 1.165) is 5.69 Å². The number of hydrogen-bond donors (Lipinski definition) is 2. The van der Waals surface area contributed by atoms with Crippen molar-refractivity contribution in [1.29, 1.82) is 0 Å². The van der Waals surface area contributed by atoms with E-state index in [2.05, 4.69) is 15.0 Å². The number of amides is 1. The lowest BCUT2D eigenvalue weighted by atomic mass is 10.2. The van der Waals surface area contributed by atoms with Gasteiger partial charge in [0.25, 0.3) is 5.91 Å². The Morgan fingerprint density at radius 3 is 2.52 bits per heavy atom. The lowest BCUT2D eigenvalue weighted by Gasteiger charge is -2.07. The predicted octanol–water partition coefficient (Wildman–Crippen LogP) is 1.55. The van der Waals surface area contributed by atoms with Crippen LogP contribution in [0.3, 0.4) is 0 Å². The van der Waals surface area contributed by atoms with E-state index in [4.69, 9.17) is 0 Å². The zero-order valence-electron chi connectivity index (χ0n) is 11.6. The van der Waals surface area contributed by atoms with E-state index in [1.807, 2.05) is 13.0 Å². The van der Waals surface area contributed by atoms with E-state index in [1.165, 1.54) is 25.2 Å². The van der Waals surface area contributed by atoms with Crippen molar-refractivity contribution in [3.05, 3.63) is 53.7 Å². The Balaban J connectivity index is 2.26. The Morgan fingerprint density at radius 1 is 1.14 bits per heavy atom. The summed E-state index contributed by atoms with van der Waals surface area (Å²) in [5.74, 6) is 0.00290. The molecule has 2 rings (SSSR count). The molecule has 2 N–H and O–H groups in total. The van der Waals surface area contributed by atoms with E-state index in [1.54, 1.807) is 18.2 Å². The molecule has 0 atom stereocenters. The van der Waals surface area contributed by atoms with Crippen LogP contribution in [0.25, 0.3) is 0 Å². The minimum absolute atomic E-state index is 0.0369. The van der Waals surface area contributed by atoms with Gasteiger partial charge in [0, 0.05) is 11.3 Å². The fourth-order valence-electron chi connectivity index (χ4n) is 1.72. The fraction of sp³-hybridized carbons (Fsp3) is 0.143. The molecule has 7 heteroatoms. The first kappa shape index (κ1) is 15.1. The number of aryl methyl sites for hydroxylation is 1. The molecule has 21 heavy (non-hydrogen) atoms. The molecule has 110 valence electrons. The lowest BCUT2D eigenvalue weighted by molar-refractivity contribution is 0.102. The number of pyridine rings is 1. The van der Waals surface area contributed by atoms with Gasteiger partial charge < -0.3 is 5.32 Å². The molecule has 6 nitrogen and oxygen atoms in total. The third-order valence-corrected chi connectivity index (χ3v) is 4.22. The second-order valence-corrected chi connectivity index (χ2v) is 6.24. The third-order valence-electron chi connectivity index (χ3n) is 2.81. The van der Waals surface area contributed by atoms with Crippen LogP contribution >= 0.6 is 0 Å².